The van der Waals surface area contributed by atoms with Crippen LogP contribution in [0.1, 0.15) is 11.1 Å². The Hall–Kier alpha value is -2.78. The molecule has 1 N–H and O–H groups in total. The third kappa shape index (κ3) is 7.11. The quantitative estimate of drug-likeness (QED) is 0.388. The van der Waals surface area contributed by atoms with E-state index in [4.69, 9.17) is 32.7 Å². The smallest absolute Gasteiger partial charge is 0.243 e. The third-order valence-corrected chi connectivity index (χ3v) is 7.64. The number of carbonyl (C=O) groups is 1. The number of nitrogens with one attached hydrogen (secondary N) is 1. The minimum absolute atomic E-state index is 0.0863. The van der Waals surface area contributed by atoms with Crippen LogP contribution >= 0.6 is 23.2 Å². The Balaban J connectivity index is 1.72. The van der Waals surface area contributed by atoms with Gasteiger partial charge in [-0.15, -0.1) is 0 Å². The Kier molecular flexibility index (Phi) is 9.40. The van der Waals surface area contributed by atoms with Crippen molar-refractivity contribution in [2.45, 2.75) is 17.9 Å². The maximum absolute atomic E-state index is 13.3. The van der Waals surface area contributed by atoms with Gasteiger partial charge in [-0.1, -0.05) is 53.5 Å². The molecule has 3 aromatic rings. The van der Waals surface area contributed by atoms with Gasteiger partial charge in [0.1, 0.15) is 0 Å². The van der Waals surface area contributed by atoms with E-state index in [0.717, 1.165) is 9.87 Å². The predicted octanol–water partition coefficient (Wildman–Crippen LogP) is 4.56. The van der Waals surface area contributed by atoms with Gasteiger partial charge in [0.05, 0.1) is 25.7 Å². The predicted molar refractivity (Wildman–Crippen MR) is 137 cm³/mol. The number of rotatable bonds is 11. The van der Waals surface area contributed by atoms with E-state index in [0.29, 0.717) is 40.1 Å². The lowest BCUT2D eigenvalue weighted by Gasteiger charge is -2.22. The first kappa shape index (κ1) is 26.8. The van der Waals surface area contributed by atoms with Crippen LogP contribution in [0.3, 0.4) is 0 Å². The van der Waals surface area contributed by atoms with Crippen molar-refractivity contribution < 1.29 is 22.7 Å². The maximum Gasteiger partial charge on any atom is 0.243 e. The molecule has 0 spiro atoms. The Morgan fingerprint density at radius 3 is 2.31 bits per heavy atom. The van der Waals surface area contributed by atoms with Crippen molar-refractivity contribution in [2.24, 2.45) is 0 Å². The number of hydrogen-bond donors (Lipinski definition) is 1. The molecule has 0 fully saturated rings. The van der Waals surface area contributed by atoms with Crippen LogP contribution in [0, 0.1) is 0 Å². The van der Waals surface area contributed by atoms with Gasteiger partial charge in [0.25, 0.3) is 0 Å². The summed E-state index contributed by atoms with van der Waals surface area (Å²) in [5.74, 6) is 0.772. The minimum Gasteiger partial charge on any atom is -0.493 e. The van der Waals surface area contributed by atoms with Gasteiger partial charge in [-0.2, -0.15) is 4.31 Å². The SMILES string of the molecule is COc1ccc(CCNC(=O)CN(Cc2ccc(Cl)cc2Cl)S(=O)(=O)c2ccccc2)cc1OC. The maximum atomic E-state index is 13.3. The third-order valence-electron chi connectivity index (χ3n) is 5.25. The van der Waals surface area contributed by atoms with Crippen LogP contribution in [0.2, 0.25) is 10.0 Å². The fourth-order valence-corrected chi connectivity index (χ4v) is 5.27. The molecular weight excluding hydrogens is 511 g/mol. The number of ether oxygens (including phenoxy) is 2. The molecule has 35 heavy (non-hydrogen) atoms. The highest BCUT2D eigenvalue weighted by atomic mass is 35.5. The summed E-state index contributed by atoms with van der Waals surface area (Å²) >= 11 is 12.3. The number of sulfonamides is 1. The summed E-state index contributed by atoms with van der Waals surface area (Å²) in [4.78, 5) is 12.8. The summed E-state index contributed by atoms with van der Waals surface area (Å²) in [6.07, 6.45) is 0.528. The van der Waals surface area contributed by atoms with Crippen molar-refractivity contribution in [2.75, 3.05) is 27.3 Å². The number of amides is 1. The Bertz CT molecular complexity index is 1270. The molecule has 0 bridgehead atoms. The fourth-order valence-electron chi connectivity index (χ4n) is 3.41. The first-order valence-electron chi connectivity index (χ1n) is 10.7. The zero-order valence-corrected chi connectivity index (χ0v) is 21.7. The molecule has 0 aliphatic carbocycles. The zero-order chi connectivity index (χ0) is 25.4. The average molecular weight is 537 g/mol. The highest BCUT2D eigenvalue weighted by Gasteiger charge is 2.27. The molecule has 0 radical (unpaired) electrons. The lowest BCUT2D eigenvalue weighted by Crippen LogP contribution is -2.40. The van der Waals surface area contributed by atoms with Gasteiger partial charge < -0.3 is 14.8 Å². The molecule has 0 saturated carbocycles. The second kappa shape index (κ2) is 12.3. The normalized spacial score (nSPS) is 11.3. The van der Waals surface area contributed by atoms with Crippen LogP contribution in [-0.2, 0) is 27.8 Å². The van der Waals surface area contributed by atoms with Crippen molar-refractivity contribution in [3.63, 3.8) is 0 Å². The monoisotopic (exact) mass is 536 g/mol. The average Bonchev–Trinajstić information content (AvgIpc) is 2.85. The molecule has 186 valence electrons. The van der Waals surface area contributed by atoms with Gasteiger partial charge in [0.2, 0.25) is 15.9 Å². The first-order valence-corrected chi connectivity index (χ1v) is 12.9. The van der Waals surface area contributed by atoms with Gasteiger partial charge in [-0.3, -0.25) is 4.79 Å². The molecule has 0 atom stereocenters. The molecule has 7 nitrogen and oxygen atoms in total. The summed E-state index contributed by atoms with van der Waals surface area (Å²) in [6, 6.07) is 18.3. The zero-order valence-electron chi connectivity index (χ0n) is 19.3. The summed E-state index contributed by atoms with van der Waals surface area (Å²) in [7, 11) is -0.851. The second-order valence-corrected chi connectivity index (χ2v) is 10.4. The highest BCUT2D eigenvalue weighted by Crippen LogP contribution is 2.28. The number of halogens is 2. The van der Waals surface area contributed by atoms with Crippen molar-refractivity contribution in [1.82, 2.24) is 9.62 Å². The van der Waals surface area contributed by atoms with Crippen molar-refractivity contribution in [3.05, 3.63) is 87.9 Å². The second-order valence-electron chi connectivity index (χ2n) is 7.61. The first-order chi connectivity index (χ1) is 16.7. The van der Waals surface area contributed by atoms with E-state index in [1.165, 1.54) is 18.2 Å². The Morgan fingerprint density at radius 1 is 0.943 bits per heavy atom. The van der Waals surface area contributed by atoms with Gasteiger partial charge in [-0.05, 0) is 53.9 Å². The van der Waals surface area contributed by atoms with Gasteiger partial charge in [0, 0.05) is 23.1 Å². The van der Waals surface area contributed by atoms with E-state index in [1.807, 2.05) is 12.1 Å². The Morgan fingerprint density at radius 2 is 1.66 bits per heavy atom. The molecule has 0 saturated heterocycles. The molecule has 0 aromatic heterocycles. The van der Waals surface area contributed by atoms with Gasteiger partial charge in [0.15, 0.2) is 11.5 Å². The Labute approximate surface area is 215 Å². The van der Waals surface area contributed by atoms with E-state index in [1.54, 1.807) is 50.6 Å². The van der Waals surface area contributed by atoms with E-state index < -0.39 is 15.9 Å². The lowest BCUT2D eigenvalue weighted by molar-refractivity contribution is -0.121. The van der Waals surface area contributed by atoms with Crippen molar-refractivity contribution in [1.29, 1.82) is 0 Å². The van der Waals surface area contributed by atoms with Crippen LogP contribution in [0.25, 0.3) is 0 Å². The van der Waals surface area contributed by atoms with Gasteiger partial charge in [-0.25, -0.2) is 8.42 Å². The topological polar surface area (TPSA) is 84.9 Å². The molecule has 0 aliphatic rings. The van der Waals surface area contributed by atoms with E-state index in [-0.39, 0.29) is 18.0 Å². The van der Waals surface area contributed by atoms with Crippen molar-refractivity contribution in [3.8, 4) is 11.5 Å². The van der Waals surface area contributed by atoms with Crippen LogP contribution in [0.5, 0.6) is 11.5 Å². The van der Waals surface area contributed by atoms with Crippen LogP contribution in [0.4, 0.5) is 0 Å². The molecule has 10 heteroatoms. The van der Waals surface area contributed by atoms with E-state index in [2.05, 4.69) is 5.32 Å². The van der Waals surface area contributed by atoms with Gasteiger partial charge >= 0.3 is 0 Å². The molecule has 0 heterocycles. The fraction of sp³-hybridized carbons (Fsp3) is 0.240. The number of hydrogen-bond acceptors (Lipinski definition) is 5. The molecule has 0 aliphatic heterocycles. The largest absolute Gasteiger partial charge is 0.493 e. The van der Waals surface area contributed by atoms with Crippen LogP contribution < -0.4 is 14.8 Å². The summed E-state index contributed by atoms with van der Waals surface area (Å²) in [5.41, 5.74) is 1.47. The van der Waals surface area contributed by atoms with E-state index >= 15 is 0 Å². The van der Waals surface area contributed by atoms with Crippen LogP contribution in [0.15, 0.2) is 71.6 Å². The number of methoxy groups -OCH3 is 2. The molecule has 0 unspecified atom stereocenters. The summed E-state index contributed by atoms with van der Waals surface area (Å²) in [6.45, 7) is -0.145. The minimum atomic E-state index is -3.96. The lowest BCUT2D eigenvalue weighted by atomic mass is 10.1. The standard InChI is InChI=1S/C25H26Cl2N2O5S/c1-33-23-11-8-18(14-24(23)34-2)12-13-28-25(30)17-29(16-19-9-10-20(26)15-22(19)27)35(31,32)21-6-4-3-5-7-21/h3-11,14-15H,12-13,16-17H2,1-2H3,(H,28,30). The van der Waals surface area contributed by atoms with E-state index in [9.17, 15) is 13.2 Å². The highest BCUT2D eigenvalue weighted by molar-refractivity contribution is 7.89. The number of benzene rings is 3. The van der Waals surface area contributed by atoms with Crippen LogP contribution in [-0.4, -0.2) is 45.9 Å². The molecule has 3 aromatic carbocycles. The van der Waals surface area contributed by atoms with Crippen molar-refractivity contribution >= 4 is 39.1 Å². The molecule has 3 rings (SSSR count). The summed E-state index contributed by atoms with van der Waals surface area (Å²) in [5, 5.41) is 3.54. The molecule has 1 amide bonds. The number of nitrogens with zero attached hydrogens (tertiary/aromatic N) is 1. The molecular formula is C25H26Cl2N2O5S. The number of carbonyl (C=O) groups excluding carboxylic acids is 1. The summed E-state index contributed by atoms with van der Waals surface area (Å²) < 4.78 is 38.3.